The van der Waals surface area contributed by atoms with Gasteiger partial charge in [0.1, 0.15) is 17.7 Å². The minimum atomic E-state index is -3.10. The van der Waals surface area contributed by atoms with Gasteiger partial charge in [0.2, 0.25) is 5.95 Å². The number of nitrogens with one attached hydrogen (secondary N) is 1. The maximum atomic E-state index is 13.8. The SMILES string of the molecule is Fc1ccc(F)c(C(Nc2ncc(-c3nnc(C(F)F)o3)cn2)C(F)F)c1. The topological polar surface area (TPSA) is 76.7 Å². The molecule has 6 nitrogen and oxygen atoms in total. The van der Waals surface area contributed by atoms with Crippen LogP contribution in [0.3, 0.4) is 0 Å². The zero-order valence-electron chi connectivity index (χ0n) is 13.1. The van der Waals surface area contributed by atoms with Crippen LogP contribution in [0.4, 0.5) is 32.3 Å². The Morgan fingerprint density at radius 2 is 1.67 bits per heavy atom. The Morgan fingerprint density at radius 3 is 2.26 bits per heavy atom. The van der Waals surface area contributed by atoms with Gasteiger partial charge in [-0.3, -0.25) is 0 Å². The highest BCUT2D eigenvalue weighted by Crippen LogP contribution is 2.28. The fraction of sp³-hybridized carbons (Fsp3) is 0.200. The average molecular weight is 389 g/mol. The van der Waals surface area contributed by atoms with E-state index in [0.29, 0.717) is 6.07 Å². The van der Waals surface area contributed by atoms with Gasteiger partial charge >= 0.3 is 6.43 Å². The van der Waals surface area contributed by atoms with Crippen molar-refractivity contribution in [2.45, 2.75) is 18.9 Å². The lowest BCUT2D eigenvalue weighted by atomic mass is 10.1. The molecule has 1 unspecified atom stereocenters. The van der Waals surface area contributed by atoms with Crippen LogP contribution in [0.5, 0.6) is 0 Å². The lowest BCUT2D eigenvalue weighted by Gasteiger charge is -2.18. The highest BCUT2D eigenvalue weighted by molar-refractivity contribution is 5.50. The number of nitrogens with zero attached hydrogens (tertiary/aromatic N) is 4. The summed E-state index contributed by atoms with van der Waals surface area (Å²) >= 11 is 0. The highest BCUT2D eigenvalue weighted by Gasteiger charge is 2.27. The monoisotopic (exact) mass is 389 g/mol. The lowest BCUT2D eigenvalue weighted by Crippen LogP contribution is -2.21. The Balaban J connectivity index is 1.82. The molecule has 3 rings (SSSR count). The van der Waals surface area contributed by atoms with Crippen molar-refractivity contribution in [1.82, 2.24) is 20.2 Å². The van der Waals surface area contributed by atoms with Gasteiger partial charge < -0.3 is 9.73 Å². The van der Waals surface area contributed by atoms with Crippen LogP contribution in [0.1, 0.15) is 23.9 Å². The number of alkyl halides is 4. The van der Waals surface area contributed by atoms with E-state index < -0.39 is 42.0 Å². The zero-order valence-corrected chi connectivity index (χ0v) is 13.1. The number of hydrogen-bond acceptors (Lipinski definition) is 6. The minimum absolute atomic E-state index is 0.0606. The second kappa shape index (κ2) is 7.60. The molecule has 12 heteroatoms. The van der Waals surface area contributed by atoms with E-state index in [1.165, 1.54) is 0 Å². The molecule has 0 aliphatic rings. The van der Waals surface area contributed by atoms with Crippen molar-refractivity contribution >= 4 is 5.95 Å². The van der Waals surface area contributed by atoms with Crippen LogP contribution in [0.25, 0.3) is 11.5 Å². The second-order valence-corrected chi connectivity index (χ2v) is 5.16. The third kappa shape index (κ3) is 4.15. The summed E-state index contributed by atoms with van der Waals surface area (Å²) < 4.78 is 83.2. The van der Waals surface area contributed by atoms with Crippen LogP contribution < -0.4 is 5.32 Å². The van der Waals surface area contributed by atoms with Crippen LogP contribution in [-0.4, -0.2) is 26.6 Å². The molecular weight excluding hydrogens is 380 g/mol. The Labute approximate surface area is 147 Å². The third-order valence-corrected chi connectivity index (χ3v) is 3.36. The average Bonchev–Trinajstić information content (AvgIpc) is 3.13. The maximum absolute atomic E-state index is 13.8. The van der Waals surface area contributed by atoms with E-state index >= 15 is 0 Å². The number of halogens is 6. The molecule has 1 aromatic carbocycles. The molecule has 1 atom stereocenters. The van der Waals surface area contributed by atoms with E-state index in [9.17, 15) is 26.3 Å². The smallest absolute Gasteiger partial charge is 0.314 e. The highest BCUT2D eigenvalue weighted by atomic mass is 19.3. The first-order chi connectivity index (χ1) is 12.8. The Bertz CT molecular complexity index is 917. The van der Waals surface area contributed by atoms with Gasteiger partial charge in [0.15, 0.2) is 0 Å². The number of rotatable bonds is 6. The molecule has 2 heterocycles. The fourth-order valence-electron chi connectivity index (χ4n) is 2.12. The number of anilines is 1. The molecule has 3 aromatic rings. The minimum Gasteiger partial charge on any atom is -0.415 e. The molecular formula is C15H9F6N5O. The standard InChI is InChI=1S/C15H9F6N5O/c16-7-1-2-9(17)8(3-7)10(11(18)19)24-15-22-4-6(5-23-15)13-25-26-14(27-13)12(20)21/h1-5,10-12H,(H,22,23,24). The normalized spacial score (nSPS) is 12.6. The summed E-state index contributed by atoms with van der Waals surface area (Å²) in [4.78, 5) is 7.44. The summed E-state index contributed by atoms with van der Waals surface area (Å²) in [6.07, 6.45) is -3.94. The van der Waals surface area contributed by atoms with Crippen LogP contribution in [-0.2, 0) is 0 Å². The third-order valence-electron chi connectivity index (χ3n) is 3.36. The van der Waals surface area contributed by atoms with Crippen molar-refractivity contribution in [3.63, 3.8) is 0 Å². The molecule has 0 aliphatic heterocycles. The lowest BCUT2D eigenvalue weighted by molar-refractivity contribution is 0.116. The van der Waals surface area contributed by atoms with Gasteiger partial charge in [-0.05, 0) is 18.2 Å². The predicted molar refractivity (Wildman–Crippen MR) is 79.0 cm³/mol. The van der Waals surface area contributed by atoms with Crippen molar-refractivity contribution in [2.75, 3.05) is 5.32 Å². The van der Waals surface area contributed by atoms with Crippen LogP contribution in [0.15, 0.2) is 35.0 Å². The van der Waals surface area contributed by atoms with E-state index in [-0.39, 0.29) is 17.4 Å². The zero-order chi connectivity index (χ0) is 19.6. The first-order valence-electron chi connectivity index (χ1n) is 7.28. The van der Waals surface area contributed by atoms with Crippen LogP contribution in [0, 0.1) is 11.6 Å². The molecule has 0 saturated heterocycles. The van der Waals surface area contributed by atoms with Crippen molar-refractivity contribution in [3.8, 4) is 11.5 Å². The Kier molecular flexibility index (Phi) is 5.23. The van der Waals surface area contributed by atoms with E-state index in [1.807, 2.05) is 0 Å². The van der Waals surface area contributed by atoms with E-state index in [2.05, 4.69) is 25.5 Å². The molecule has 1 N–H and O–H groups in total. The van der Waals surface area contributed by atoms with Gasteiger partial charge in [-0.1, -0.05) is 0 Å². The van der Waals surface area contributed by atoms with Gasteiger partial charge in [-0.15, -0.1) is 10.2 Å². The summed E-state index contributed by atoms with van der Waals surface area (Å²) in [5.74, 6) is -3.44. The Hall–Kier alpha value is -3.18. The van der Waals surface area contributed by atoms with Crippen LogP contribution in [0.2, 0.25) is 0 Å². The molecule has 0 radical (unpaired) electrons. The number of benzene rings is 1. The summed E-state index contributed by atoms with van der Waals surface area (Å²) in [7, 11) is 0. The van der Waals surface area contributed by atoms with E-state index in [0.717, 1.165) is 24.5 Å². The van der Waals surface area contributed by atoms with Gasteiger partial charge in [0, 0.05) is 18.0 Å². The summed E-state index contributed by atoms with van der Waals surface area (Å²) in [6.45, 7) is 0. The first kappa shape index (κ1) is 18.6. The number of hydrogen-bond donors (Lipinski definition) is 1. The van der Waals surface area contributed by atoms with E-state index in [4.69, 9.17) is 4.42 Å². The molecule has 27 heavy (non-hydrogen) atoms. The predicted octanol–water partition coefficient (Wildman–Crippen LogP) is 4.16. The molecule has 0 aliphatic carbocycles. The molecule has 0 amide bonds. The van der Waals surface area contributed by atoms with Gasteiger partial charge in [0.05, 0.1) is 5.56 Å². The molecule has 0 saturated carbocycles. The van der Waals surface area contributed by atoms with Gasteiger partial charge in [0.25, 0.3) is 18.2 Å². The summed E-state index contributed by atoms with van der Waals surface area (Å²) in [5.41, 5.74) is -0.540. The van der Waals surface area contributed by atoms with Crippen molar-refractivity contribution < 1.29 is 30.8 Å². The quantitative estimate of drug-likeness (QED) is 0.638. The summed E-state index contributed by atoms with van der Waals surface area (Å²) in [6, 6.07) is 0.241. The van der Waals surface area contributed by atoms with E-state index in [1.54, 1.807) is 0 Å². The van der Waals surface area contributed by atoms with Crippen molar-refractivity contribution in [1.29, 1.82) is 0 Å². The van der Waals surface area contributed by atoms with Gasteiger partial charge in [-0.25, -0.2) is 27.5 Å². The molecule has 0 bridgehead atoms. The van der Waals surface area contributed by atoms with Crippen molar-refractivity contribution in [3.05, 3.63) is 53.7 Å². The van der Waals surface area contributed by atoms with Gasteiger partial charge in [-0.2, -0.15) is 8.78 Å². The first-order valence-corrected chi connectivity index (χ1v) is 7.28. The summed E-state index contributed by atoms with van der Waals surface area (Å²) in [5, 5.41) is 8.72. The molecule has 2 aromatic heterocycles. The molecule has 142 valence electrons. The fourth-order valence-corrected chi connectivity index (χ4v) is 2.12. The Morgan fingerprint density at radius 1 is 0.963 bits per heavy atom. The molecule has 0 spiro atoms. The number of aromatic nitrogens is 4. The second-order valence-electron chi connectivity index (χ2n) is 5.16. The largest absolute Gasteiger partial charge is 0.415 e. The maximum Gasteiger partial charge on any atom is 0.314 e. The van der Waals surface area contributed by atoms with Crippen molar-refractivity contribution in [2.24, 2.45) is 0 Å². The van der Waals surface area contributed by atoms with Crippen LogP contribution >= 0.6 is 0 Å². The molecule has 0 fully saturated rings.